The third-order valence-corrected chi connectivity index (χ3v) is 3.62. The second-order valence-corrected chi connectivity index (χ2v) is 5.05. The number of aromatic nitrogens is 3. The molecule has 0 atom stereocenters. The lowest BCUT2D eigenvalue weighted by Gasteiger charge is -2.06. The van der Waals surface area contributed by atoms with Gasteiger partial charge < -0.3 is 0 Å². The number of hydrogen-bond acceptors (Lipinski definition) is 4. The van der Waals surface area contributed by atoms with Gasteiger partial charge in [-0.1, -0.05) is 6.07 Å². The minimum atomic E-state index is -0.116. The van der Waals surface area contributed by atoms with Crippen LogP contribution >= 0.6 is 11.3 Å². The number of thiophene rings is 1. The summed E-state index contributed by atoms with van der Waals surface area (Å²) in [6, 6.07) is 4.12. The predicted octanol–water partition coefficient (Wildman–Crippen LogP) is 2.24. The van der Waals surface area contributed by atoms with E-state index in [1.165, 1.54) is 11.3 Å². The van der Waals surface area contributed by atoms with E-state index in [0.29, 0.717) is 16.9 Å². The van der Waals surface area contributed by atoms with Crippen LogP contribution in [0, 0.1) is 6.92 Å². The summed E-state index contributed by atoms with van der Waals surface area (Å²) in [6.45, 7) is 1.91. The molecule has 3 rings (SSSR count). The molecule has 0 unspecified atom stereocenters. The summed E-state index contributed by atoms with van der Waals surface area (Å²) in [6.07, 6.45) is 2.28. The molecule has 0 aromatic carbocycles. The number of aryl methyl sites for hydroxylation is 1. The van der Waals surface area contributed by atoms with Gasteiger partial charge in [-0.2, -0.15) is 0 Å². The van der Waals surface area contributed by atoms with E-state index in [1.807, 2.05) is 22.9 Å². The Hall–Kier alpha value is -1.69. The largest absolute Gasteiger partial charge is 0.294 e. The van der Waals surface area contributed by atoms with Crippen LogP contribution in [-0.2, 0) is 0 Å². The summed E-state index contributed by atoms with van der Waals surface area (Å²) in [5.41, 5.74) is 0. The minimum Gasteiger partial charge on any atom is -0.294 e. The lowest BCUT2D eigenvalue weighted by atomic mass is 10.4. The second kappa shape index (κ2) is 3.96. The number of rotatable bonds is 3. The first kappa shape index (κ1) is 10.5. The van der Waals surface area contributed by atoms with E-state index in [2.05, 4.69) is 15.5 Å². The summed E-state index contributed by atoms with van der Waals surface area (Å²) < 4.78 is 2.01. The molecule has 2 heterocycles. The van der Waals surface area contributed by atoms with Crippen molar-refractivity contribution in [2.75, 3.05) is 5.32 Å². The summed E-state index contributed by atoms with van der Waals surface area (Å²) in [4.78, 5) is 12.6. The van der Waals surface area contributed by atoms with E-state index in [-0.39, 0.29) is 5.91 Å². The maximum Gasteiger partial charge on any atom is 0.268 e. The van der Waals surface area contributed by atoms with Crippen molar-refractivity contribution >= 4 is 23.2 Å². The number of anilines is 1. The smallest absolute Gasteiger partial charge is 0.268 e. The Morgan fingerprint density at radius 1 is 1.53 bits per heavy atom. The molecule has 0 saturated heterocycles. The van der Waals surface area contributed by atoms with Gasteiger partial charge in [0.2, 0.25) is 5.95 Å². The van der Waals surface area contributed by atoms with E-state index in [0.717, 1.165) is 18.7 Å². The fraction of sp³-hybridized carbons (Fsp3) is 0.364. The average Bonchev–Trinajstić information content (AvgIpc) is 2.87. The van der Waals surface area contributed by atoms with Crippen LogP contribution in [-0.4, -0.2) is 20.7 Å². The lowest BCUT2D eigenvalue weighted by Crippen LogP contribution is -2.15. The number of nitrogens with one attached hydrogen (secondary N) is 1. The third kappa shape index (κ3) is 1.95. The molecule has 0 aliphatic heterocycles. The van der Waals surface area contributed by atoms with Crippen LogP contribution < -0.4 is 5.32 Å². The molecule has 2 aromatic heterocycles. The topological polar surface area (TPSA) is 59.8 Å². The summed E-state index contributed by atoms with van der Waals surface area (Å²) in [5.74, 6) is 1.30. The standard InChI is InChI=1S/C11H12N4OS/c1-7-13-14-11(15(7)8-4-5-8)12-10(16)9-3-2-6-17-9/h2-3,6,8H,4-5H2,1H3,(H,12,14,16). The van der Waals surface area contributed by atoms with Gasteiger partial charge in [-0.05, 0) is 31.2 Å². The summed E-state index contributed by atoms with van der Waals surface area (Å²) in [5, 5.41) is 12.7. The van der Waals surface area contributed by atoms with E-state index in [4.69, 9.17) is 0 Å². The molecule has 1 aliphatic carbocycles. The van der Waals surface area contributed by atoms with E-state index < -0.39 is 0 Å². The van der Waals surface area contributed by atoms with Gasteiger partial charge >= 0.3 is 0 Å². The molecule has 1 aliphatic rings. The van der Waals surface area contributed by atoms with Crippen LogP contribution in [0.4, 0.5) is 5.95 Å². The molecule has 0 bridgehead atoms. The van der Waals surface area contributed by atoms with Gasteiger partial charge in [-0.25, -0.2) is 0 Å². The molecular formula is C11H12N4OS. The molecule has 17 heavy (non-hydrogen) atoms. The minimum absolute atomic E-state index is 0.116. The van der Waals surface area contributed by atoms with E-state index >= 15 is 0 Å². The van der Waals surface area contributed by atoms with Crippen molar-refractivity contribution in [3.63, 3.8) is 0 Å². The zero-order valence-electron chi connectivity index (χ0n) is 9.38. The summed E-state index contributed by atoms with van der Waals surface area (Å²) in [7, 11) is 0. The SMILES string of the molecule is Cc1nnc(NC(=O)c2cccs2)n1C1CC1. The molecule has 0 spiro atoms. The highest BCUT2D eigenvalue weighted by atomic mass is 32.1. The number of amides is 1. The summed E-state index contributed by atoms with van der Waals surface area (Å²) >= 11 is 1.42. The zero-order chi connectivity index (χ0) is 11.8. The first-order chi connectivity index (χ1) is 8.25. The van der Waals surface area contributed by atoms with Gasteiger partial charge in [0.05, 0.1) is 4.88 Å². The molecule has 1 saturated carbocycles. The Labute approximate surface area is 102 Å². The van der Waals surface area contributed by atoms with Gasteiger partial charge in [-0.15, -0.1) is 21.5 Å². The molecule has 88 valence electrons. The fourth-order valence-electron chi connectivity index (χ4n) is 1.80. The monoisotopic (exact) mass is 248 g/mol. The molecule has 1 fully saturated rings. The van der Waals surface area contributed by atoms with Crippen molar-refractivity contribution in [1.82, 2.24) is 14.8 Å². The van der Waals surface area contributed by atoms with E-state index in [1.54, 1.807) is 6.07 Å². The Kier molecular flexibility index (Phi) is 2.44. The van der Waals surface area contributed by atoms with Gasteiger partial charge in [0.25, 0.3) is 5.91 Å². The molecule has 1 amide bonds. The lowest BCUT2D eigenvalue weighted by molar-refractivity contribution is 0.102. The number of carbonyl (C=O) groups excluding carboxylic acids is 1. The van der Waals surface area contributed by atoms with Crippen LogP contribution in [0.2, 0.25) is 0 Å². The highest BCUT2D eigenvalue weighted by molar-refractivity contribution is 7.12. The van der Waals surface area contributed by atoms with Crippen LogP contribution in [0.5, 0.6) is 0 Å². The van der Waals surface area contributed by atoms with Crippen molar-refractivity contribution in [2.45, 2.75) is 25.8 Å². The quantitative estimate of drug-likeness (QED) is 0.906. The van der Waals surface area contributed by atoms with Crippen molar-refractivity contribution in [1.29, 1.82) is 0 Å². The Morgan fingerprint density at radius 2 is 2.35 bits per heavy atom. The van der Waals surface area contributed by atoms with Crippen molar-refractivity contribution in [3.05, 3.63) is 28.2 Å². The van der Waals surface area contributed by atoms with Crippen LogP contribution in [0.1, 0.15) is 34.4 Å². The molecule has 2 aromatic rings. The Bertz CT molecular complexity index is 542. The Morgan fingerprint density at radius 3 is 3.00 bits per heavy atom. The van der Waals surface area contributed by atoms with Crippen LogP contribution in [0.25, 0.3) is 0 Å². The van der Waals surface area contributed by atoms with Crippen molar-refractivity contribution in [3.8, 4) is 0 Å². The van der Waals surface area contributed by atoms with Crippen LogP contribution in [0.15, 0.2) is 17.5 Å². The highest BCUT2D eigenvalue weighted by Crippen LogP contribution is 2.37. The maximum atomic E-state index is 11.9. The third-order valence-electron chi connectivity index (χ3n) is 2.75. The zero-order valence-corrected chi connectivity index (χ0v) is 10.2. The fourth-order valence-corrected chi connectivity index (χ4v) is 2.41. The molecule has 6 heteroatoms. The van der Waals surface area contributed by atoms with Crippen molar-refractivity contribution < 1.29 is 4.79 Å². The molecular weight excluding hydrogens is 236 g/mol. The normalized spacial score (nSPS) is 14.9. The highest BCUT2D eigenvalue weighted by Gasteiger charge is 2.28. The Balaban J connectivity index is 1.83. The molecule has 5 nitrogen and oxygen atoms in total. The molecule has 1 N–H and O–H groups in total. The van der Waals surface area contributed by atoms with Crippen molar-refractivity contribution in [2.24, 2.45) is 0 Å². The molecule has 0 radical (unpaired) electrons. The number of carbonyl (C=O) groups is 1. The maximum absolute atomic E-state index is 11.9. The average molecular weight is 248 g/mol. The van der Waals surface area contributed by atoms with Crippen LogP contribution in [0.3, 0.4) is 0 Å². The van der Waals surface area contributed by atoms with Gasteiger partial charge in [0.15, 0.2) is 0 Å². The van der Waals surface area contributed by atoms with E-state index in [9.17, 15) is 4.79 Å². The number of hydrogen-bond donors (Lipinski definition) is 1. The number of nitrogens with zero attached hydrogens (tertiary/aromatic N) is 3. The first-order valence-electron chi connectivity index (χ1n) is 5.52. The van der Waals surface area contributed by atoms with Gasteiger partial charge in [-0.3, -0.25) is 14.7 Å². The van der Waals surface area contributed by atoms with Gasteiger partial charge in [0.1, 0.15) is 5.82 Å². The first-order valence-corrected chi connectivity index (χ1v) is 6.40. The van der Waals surface area contributed by atoms with Gasteiger partial charge in [0, 0.05) is 6.04 Å². The predicted molar refractivity (Wildman–Crippen MR) is 65.3 cm³/mol. The second-order valence-electron chi connectivity index (χ2n) is 4.10.